The van der Waals surface area contributed by atoms with Gasteiger partial charge in [-0.05, 0) is 29.8 Å². The minimum absolute atomic E-state index is 0.151. The van der Waals surface area contributed by atoms with Crippen molar-refractivity contribution in [3.05, 3.63) is 71.0 Å². The molecule has 0 radical (unpaired) electrons. The molecule has 0 aliphatic carbocycles. The van der Waals surface area contributed by atoms with E-state index in [1.807, 2.05) is 0 Å². The predicted molar refractivity (Wildman–Crippen MR) is 82.9 cm³/mol. The molecule has 0 atom stereocenters. The molecule has 5 nitrogen and oxygen atoms in total. The fourth-order valence-electron chi connectivity index (χ4n) is 1.97. The van der Waals surface area contributed by atoms with E-state index in [9.17, 15) is 14.0 Å². The van der Waals surface area contributed by atoms with Crippen molar-refractivity contribution >= 4 is 11.8 Å². The first-order valence-corrected chi connectivity index (χ1v) is 7.08. The van der Waals surface area contributed by atoms with Crippen LogP contribution in [0.5, 0.6) is 0 Å². The molecule has 0 aliphatic rings. The van der Waals surface area contributed by atoms with Crippen molar-refractivity contribution < 1.29 is 19.1 Å². The van der Waals surface area contributed by atoms with Gasteiger partial charge in [0.25, 0.3) is 5.91 Å². The Labute approximate surface area is 133 Å². The third-order valence-electron chi connectivity index (χ3n) is 3.22. The summed E-state index contributed by atoms with van der Waals surface area (Å²) in [5.41, 5.74) is 1.32. The SMILES string of the molecule is O=C(CNC(=O)c1ccccc1)NCc1ccc(F)c(CO)c1. The number of carbonyl (C=O) groups excluding carboxylic acids is 2. The Bertz CT molecular complexity index is 689. The second-order valence-corrected chi connectivity index (χ2v) is 4.91. The molecule has 2 rings (SSSR count). The van der Waals surface area contributed by atoms with Crippen LogP contribution in [0.25, 0.3) is 0 Å². The van der Waals surface area contributed by atoms with Crippen LogP contribution in [0.4, 0.5) is 4.39 Å². The third kappa shape index (κ3) is 4.89. The van der Waals surface area contributed by atoms with Crippen molar-refractivity contribution in [2.45, 2.75) is 13.2 Å². The molecule has 0 aliphatic heterocycles. The summed E-state index contributed by atoms with van der Waals surface area (Å²) in [6, 6.07) is 12.8. The number of benzene rings is 2. The Kier molecular flexibility index (Phi) is 5.82. The van der Waals surface area contributed by atoms with E-state index in [0.29, 0.717) is 11.1 Å². The average molecular weight is 316 g/mol. The Morgan fingerprint density at radius 2 is 1.78 bits per heavy atom. The lowest BCUT2D eigenvalue weighted by molar-refractivity contribution is -0.120. The van der Waals surface area contributed by atoms with E-state index in [2.05, 4.69) is 10.6 Å². The molecule has 0 bridgehead atoms. The van der Waals surface area contributed by atoms with Gasteiger partial charge < -0.3 is 15.7 Å². The van der Waals surface area contributed by atoms with Crippen LogP contribution >= 0.6 is 0 Å². The highest BCUT2D eigenvalue weighted by atomic mass is 19.1. The molecule has 0 aromatic heterocycles. The van der Waals surface area contributed by atoms with Crippen LogP contribution in [0.2, 0.25) is 0 Å². The molecule has 0 saturated heterocycles. The van der Waals surface area contributed by atoms with Gasteiger partial charge in [0.15, 0.2) is 0 Å². The van der Waals surface area contributed by atoms with Gasteiger partial charge in [-0.25, -0.2) is 4.39 Å². The molecule has 6 heteroatoms. The maximum Gasteiger partial charge on any atom is 0.251 e. The number of aliphatic hydroxyl groups excluding tert-OH is 1. The van der Waals surface area contributed by atoms with E-state index < -0.39 is 12.4 Å². The first-order chi connectivity index (χ1) is 11.1. The van der Waals surface area contributed by atoms with E-state index in [1.165, 1.54) is 18.2 Å². The Morgan fingerprint density at radius 1 is 1.04 bits per heavy atom. The van der Waals surface area contributed by atoms with Crippen molar-refractivity contribution in [2.24, 2.45) is 0 Å². The average Bonchev–Trinajstić information content (AvgIpc) is 2.59. The van der Waals surface area contributed by atoms with E-state index in [0.717, 1.165) is 0 Å². The van der Waals surface area contributed by atoms with Gasteiger partial charge in [-0.15, -0.1) is 0 Å². The molecule has 0 saturated carbocycles. The zero-order valence-electron chi connectivity index (χ0n) is 12.4. The first-order valence-electron chi connectivity index (χ1n) is 7.08. The summed E-state index contributed by atoms with van der Waals surface area (Å²) >= 11 is 0. The summed E-state index contributed by atoms with van der Waals surface area (Å²) < 4.78 is 13.2. The van der Waals surface area contributed by atoms with Gasteiger partial charge in [0.2, 0.25) is 5.91 Å². The minimum Gasteiger partial charge on any atom is -0.392 e. The number of rotatable bonds is 6. The van der Waals surface area contributed by atoms with E-state index in [-0.39, 0.29) is 30.5 Å². The van der Waals surface area contributed by atoms with Crippen LogP contribution in [0.1, 0.15) is 21.5 Å². The summed E-state index contributed by atoms with van der Waals surface area (Å²) in [5, 5.41) is 14.1. The number of hydrogen-bond acceptors (Lipinski definition) is 3. The van der Waals surface area contributed by atoms with Gasteiger partial charge in [0, 0.05) is 17.7 Å². The molecule has 120 valence electrons. The van der Waals surface area contributed by atoms with Crippen molar-refractivity contribution in [2.75, 3.05) is 6.54 Å². The molecule has 2 aromatic rings. The minimum atomic E-state index is -0.488. The largest absolute Gasteiger partial charge is 0.392 e. The predicted octanol–water partition coefficient (Wildman–Crippen LogP) is 1.36. The van der Waals surface area contributed by atoms with Gasteiger partial charge in [-0.2, -0.15) is 0 Å². The van der Waals surface area contributed by atoms with Crippen molar-refractivity contribution in [3.8, 4) is 0 Å². The van der Waals surface area contributed by atoms with Crippen molar-refractivity contribution in [1.82, 2.24) is 10.6 Å². The summed E-state index contributed by atoms with van der Waals surface area (Å²) in [6.45, 7) is -0.365. The summed E-state index contributed by atoms with van der Waals surface area (Å²) in [7, 11) is 0. The second kappa shape index (κ2) is 8.05. The van der Waals surface area contributed by atoms with E-state index in [1.54, 1.807) is 30.3 Å². The molecular formula is C17H17FN2O3. The van der Waals surface area contributed by atoms with Crippen LogP contribution in [0, 0.1) is 5.82 Å². The van der Waals surface area contributed by atoms with Gasteiger partial charge >= 0.3 is 0 Å². The molecule has 0 fully saturated rings. The molecule has 2 amide bonds. The van der Waals surface area contributed by atoms with Gasteiger partial charge in [0.1, 0.15) is 5.82 Å². The normalized spacial score (nSPS) is 10.2. The highest BCUT2D eigenvalue weighted by molar-refractivity contribution is 5.96. The smallest absolute Gasteiger partial charge is 0.251 e. The molecular weight excluding hydrogens is 299 g/mol. The third-order valence-corrected chi connectivity index (χ3v) is 3.22. The Balaban J connectivity index is 1.80. The number of aliphatic hydroxyl groups is 1. The lowest BCUT2D eigenvalue weighted by atomic mass is 10.1. The molecule has 0 heterocycles. The highest BCUT2D eigenvalue weighted by Gasteiger charge is 2.08. The van der Waals surface area contributed by atoms with Crippen LogP contribution in [0.15, 0.2) is 48.5 Å². The monoisotopic (exact) mass is 316 g/mol. The summed E-state index contributed by atoms with van der Waals surface area (Å²) in [5.74, 6) is -1.17. The molecule has 0 spiro atoms. The van der Waals surface area contributed by atoms with Crippen LogP contribution < -0.4 is 10.6 Å². The van der Waals surface area contributed by atoms with Crippen LogP contribution in [0.3, 0.4) is 0 Å². The van der Waals surface area contributed by atoms with E-state index in [4.69, 9.17) is 5.11 Å². The Morgan fingerprint density at radius 3 is 2.48 bits per heavy atom. The topological polar surface area (TPSA) is 78.4 Å². The second-order valence-electron chi connectivity index (χ2n) is 4.91. The summed E-state index contributed by atoms with van der Waals surface area (Å²) in [4.78, 5) is 23.5. The molecule has 3 N–H and O–H groups in total. The zero-order valence-corrected chi connectivity index (χ0v) is 12.4. The van der Waals surface area contributed by atoms with E-state index >= 15 is 0 Å². The number of nitrogens with one attached hydrogen (secondary N) is 2. The van der Waals surface area contributed by atoms with Crippen molar-refractivity contribution in [1.29, 1.82) is 0 Å². The first kappa shape index (κ1) is 16.6. The zero-order chi connectivity index (χ0) is 16.7. The van der Waals surface area contributed by atoms with Crippen molar-refractivity contribution in [3.63, 3.8) is 0 Å². The summed E-state index contributed by atoms with van der Waals surface area (Å²) in [6.07, 6.45) is 0. The number of halogens is 1. The van der Waals surface area contributed by atoms with Gasteiger partial charge in [0.05, 0.1) is 13.2 Å². The number of carbonyl (C=O) groups is 2. The maximum absolute atomic E-state index is 13.2. The fraction of sp³-hybridized carbons (Fsp3) is 0.176. The lowest BCUT2D eigenvalue weighted by Crippen LogP contribution is -2.36. The number of hydrogen-bond donors (Lipinski definition) is 3. The maximum atomic E-state index is 13.2. The molecule has 0 unspecified atom stereocenters. The van der Waals surface area contributed by atoms with Gasteiger partial charge in [-0.1, -0.05) is 24.3 Å². The molecule has 23 heavy (non-hydrogen) atoms. The quantitative estimate of drug-likeness (QED) is 0.753. The standard InChI is InChI=1S/C17H17FN2O3/c18-15-7-6-12(8-14(15)11-21)9-19-16(22)10-20-17(23)13-4-2-1-3-5-13/h1-8,21H,9-11H2,(H,19,22)(H,20,23). The molecule has 2 aromatic carbocycles. The number of amides is 2. The fourth-order valence-corrected chi connectivity index (χ4v) is 1.97. The highest BCUT2D eigenvalue weighted by Crippen LogP contribution is 2.10. The van der Waals surface area contributed by atoms with Crippen LogP contribution in [-0.4, -0.2) is 23.5 Å². The Hall–Kier alpha value is -2.73. The van der Waals surface area contributed by atoms with Crippen LogP contribution in [-0.2, 0) is 17.9 Å². The van der Waals surface area contributed by atoms with Gasteiger partial charge in [-0.3, -0.25) is 9.59 Å². The lowest BCUT2D eigenvalue weighted by Gasteiger charge is -2.08.